The van der Waals surface area contributed by atoms with Crippen molar-refractivity contribution < 1.29 is 9.90 Å². The molecule has 0 bridgehead atoms. The van der Waals surface area contributed by atoms with Crippen molar-refractivity contribution in [3.63, 3.8) is 0 Å². The molecule has 0 amide bonds. The SMILES string of the molecule is CN(c1ccc2nc(C(=O)O)c(Br)n2n1)c1ccc[nH]1. The first kappa shape index (κ1) is 12.7. The highest BCUT2D eigenvalue weighted by atomic mass is 79.9. The van der Waals surface area contributed by atoms with Crippen LogP contribution in [0.4, 0.5) is 11.6 Å². The Hall–Kier alpha value is -2.35. The summed E-state index contributed by atoms with van der Waals surface area (Å²) in [5, 5.41) is 13.4. The van der Waals surface area contributed by atoms with Gasteiger partial charge < -0.3 is 15.0 Å². The van der Waals surface area contributed by atoms with Crippen molar-refractivity contribution in [1.82, 2.24) is 19.6 Å². The van der Waals surface area contributed by atoms with Crippen LogP contribution in [0, 0.1) is 0 Å². The van der Waals surface area contributed by atoms with Crippen molar-refractivity contribution in [3.8, 4) is 0 Å². The molecule has 0 saturated carbocycles. The maximum absolute atomic E-state index is 11.0. The number of imidazole rings is 1. The molecule has 0 saturated heterocycles. The highest BCUT2D eigenvalue weighted by Crippen LogP contribution is 2.23. The molecule has 0 radical (unpaired) electrons. The summed E-state index contributed by atoms with van der Waals surface area (Å²) in [6, 6.07) is 7.30. The zero-order valence-electron chi connectivity index (χ0n) is 10.4. The molecule has 3 rings (SSSR count). The zero-order chi connectivity index (χ0) is 14.3. The Morgan fingerprint density at radius 3 is 2.90 bits per heavy atom. The van der Waals surface area contributed by atoms with Crippen LogP contribution in [-0.4, -0.2) is 37.7 Å². The van der Waals surface area contributed by atoms with Gasteiger partial charge in [-0.2, -0.15) is 0 Å². The number of aromatic carboxylic acids is 1. The van der Waals surface area contributed by atoms with Crippen molar-refractivity contribution in [1.29, 1.82) is 0 Å². The van der Waals surface area contributed by atoms with Crippen LogP contribution in [0.15, 0.2) is 35.1 Å². The number of fused-ring (bicyclic) bond motifs is 1. The highest BCUT2D eigenvalue weighted by Gasteiger charge is 2.18. The van der Waals surface area contributed by atoms with Crippen LogP contribution in [0.25, 0.3) is 5.65 Å². The lowest BCUT2D eigenvalue weighted by Gasteiger charge is -2.15. The molecule has 3 heterocycles. The zero-order valence-corrected chi connectivity index (χ0v) is 12.0. The summed E-state index contributed by atoms with van der Waals surface area (Å²) in [6.07, 6.45) is 1.82. The molecule has 102 valence electrons. The monoisotopic (exact) mass is 335 g/mol. The smallest absolute Gasteiger partial charge is 0.357 e. The van der Waals surface area contributed by atoms with E-state index in [9.17, 15) is 4.79 Å². The van der Waals surface area contributed by atoms with Gasteiger partial charge in [0.1, 0.15) is 10.4 Å². The van der Waals surface area contributed by atoms with Gasteiger partial charge in [-0.15, -0.1) is 5.10 Å². The Balaban J connectivity index is 2.11. The normalized spacial score (nSPS) is 10.9. The molecule has 0 aliphatic rings. The number of carboxylic acid groups (broad SMARTS) is 1. The number of halogens is 1. The van der Waals surface area contributed by atoms with E-state index in [4.69, 9.17) is 5.11 Å². The van der Waals surface area contributed by atoms with E-state index in [1.807, 2.05) is 30.3 Å². The van der Waals surface area contributed by atoms with Crippen molar-refractivity contribution in [3.05, 3.63) is 40.8 Å². The summed E-state index contributed by atoms with van der Waals surface area (Å²) in [7, 11) is 1.86. The number of rotatable bonds is 3. The third kappa shape index (κ3) is 1.94. The Morgan fingerprint density at radius 1 is 1.45 bits per heavy atom. The van der Waals surface area contributed by atoms with Gasteiger partial charge in [-0.3, -0.25) is 0 Å². The minimum atomic E-state index is -1.10. The predicted molar refractivity (Wildman–Crippen MR) is 76.5 cm³/mol. The van der Waals surface area contributed by atoms with Gasteiger partial charge in [-0.25, -0.2) is 14.3 Å². The minimum Gasteiger partial charge on any atom is -0.476 e. The molecule has 0 fully saturated rings. The number of aromatic nitrogens is 4. The highest BCUT2D eigenvalue weighted by molar-refractivity contribution is 9.10. The van der Waals surface area contributed by atoms with Gasteiger partial charge in [-0.1, -0.05) is 0 Å². The van der Waals surface area contributed by atoms with Crippen LogP contribution in [0.5, 0.6) is 0 Å². The van der Waals surface area contributed by atoms with Crippen molar-refractivity contribution in [2.45, 2.75) is 0 Å². The van der Waals surface area contributed by atoms with E-state index in [1.54, 1.807) is 12.1 Å². The lowest BCUT2D eigenvalue weighted by Crippen LogP contribution is -2.13. The summed E-state index contributed by atoms with van der Waals surface area (Å²) in [5.74, 6) is 0.447. The second kappa shape index (κ2) is 4.64. The fourth-order valence-corrected chi connectivity index (χ4v) is 2.38. The molecular formula is C12H10BrN5O2. The van der Waals surface area contributed by atoms with Crippen LogP contribution in [0.3, 0.4) is 0 Å². The number of carbonyl (C=O) groups is 1. The molecule has 0 aliphatic heterocycles. The standard InChI is InChI=1S/C12H10BrN5O2/c1-17(7-3-2-6-14-7)9-5-4-8-15-10(12(19)20)11(13)18(8)16-9/h2-6,14H,1H3,(H,19,20). The molecular weight excluding hydrogens is 326 g/mol. The molecule has 20 heavy (non-hydrogen) atoms. The maximum Gasteiger partial charge on any atom is 0.357 e. The molecule has 0 aromatic carbocycles. The van der Waals surface area contributed by atoms with Gasteiger partial charge in [0.2, 0.25) is 0 Å². The largest absolute Gasteiger partial charge is 0.476 e. The first-order valence-electron chi connectivity index (χ1n) is 5.73. The third-order valence-electron chi connectivity index (χ3n) is 2.90. The average Bonchev–Trinajstić information content (AvgIpc) is 3.06. The number of hydrogen-bond acceptors (Lipinski definition) is 4. The second-order valence-corrected chi connectivity index (χ2v) is 4.88. The molecule has 8 heteroatoms. The molecule has 0 atom stereocenters. The van der Waals surface area contributed by atoms with E-state index in [2.05, 4.69) is 31.0 Å². The molecule has 0 aliphatic carbocycles. The minimum absolute atomic E-state index is 0.0582. The predicted octanol–water partition coefficient (Wildman–Crippen LogP) is 2.29. The van der Waals surface area contributed by atoms with E-state index in [-0.39, 0.29) is 5.69 Å². The molecule has 3 aromatic rings. The summed E-state index contributed by atoms with van der Waals surface area (Å²) >= 11 is 3.22. The fraction of sp³-hybridized carbons (Fsp3) is 0.0833. The third-order valence-corrected chi connectivity index (χ3v) is 3.61. The van der Waals surface area contributed by atoms with Gasteiger partial charge in [0.25, 0.3) is 0 Å². The van der Waals surface area contributed by atoms with Gasteiger partial charge >= 0.3 is 5.97 Å². The van der Waals surface area contributed by atoms with E-state index >= 15 is 0 Å². The van der Waals surface area contributed by atoms with Crippen molar-refractivity contribution in [2.75, 3.05) is 11.9 Å². The quantitative estimate of drug-likeness (QED) is 0.766. The van der Waals surface area contributed by atoms with Gasteiger partial charge in [0.15, 0.2) is 17.2 Å². The number of anilines is 2. The van der Waals surface area contributed by atoms with Crippen molar-refractivity contribution >= 4 is 39.2 Å². The lowest BCUT2D eigenvalue weighted by atomic mass is 10.4. The number of aromatic amines is 1. The van der Waals surface area contributed by atoms with Crippen LogP contribution in [0.1, 0.15) is 10.5 Å². The number of H-pyrrole nitrogens is 1. The fourth-order valence-electron chi connectivity index (χ4n) is 1.86. The number of nitrogens with one attached hydrogen (secondary N) is 1. The molecule has 2 N–H and O–H groups in total. The van der Waals surface area contributed by atoms with E-state index in [0.29, 0.717) is 16.1 Å². The van der Waals surface area contributed by atoms with Crippen LogP contribution in [-0.2, 0) is 0 Å². The first-order chi connectivity index (χ1) is 9.58. The van der Waals surface area contributed by atoms with Crippen LogP contribution in [0.2, 0.25) is 0 Å². The van der Waals surface area contributed by atoms with Crippen molar-refractivity contribution in [2.24, 2.45) is 0 Å². The first-order valence-corrected chi connectivity index (χ1v) is 6.53. The van der Waals surface area contributed by atoms with Gasteiger partial charge in [-0.05, 0) is 40.2 Å². The molecule has 7 nitrogen and oxygen atoms in total. The van der Waals surface area contributed by atoms with E-state index in [0.717, 1.165) is 5.82 Å². The Morgan fingerprint density at radius 2 is 2.25 bits per heavy atom. The summed E-state index contributed by atoms with van der Waals surface area (Å²) < 4.78 is 1.78. The lowest BCUT2D eigenvalue weighted by molar-refractivity contribution is 0.0690. The van der Waals surface area contributed by atoms with Crippen LogP contribution >= 0.6 is 15.9 Å². The number of carboxylic acids is 1. The van der Waals surface area contributed by atoms with Crippen LogP contribution < -0.4 is 4.90 Å². The molecule has 0 spiro atoms. The number of nitrogens with zero attached hydrogens (tertiary/aromatic N) is 4. The number of hydrogen-bond donors (Lipinski definition) is 2. The average molecular weight is 336 g/mol. The summed E-state index contributed by atoms with van der Waals surface area (Å²) in [6.45, 7) is 0. The summed E-state index contributed by atoms with van der Waals surface area (Å²) in [5.41, 5.74) is 0.412. The molecule has 3 aromatic heterocycles. The van der Waals surface area contributed by atoms with Gasteiger partial charge in [0.05, 0.1) is 0 Å². The van der Waals surface area contributed by atoms with Gasteiger partial charge in [0, 0.05) is 13.2 Å². The Labute approximate surface area is 122 Å². The Bertz CT molecular complexity index is 781. The maximum atomic E-state index is 11.0. The Kier molecular flexibility index (Phi) is 2.94. The van der Waals surface area contributed by atoms with E-state index in [1.165, 1.54) is 4.52 Å². The summed E-state index contributed by atoms with van der Waals surface area (Å²) in [4.78, 5) is 20.0. The second-order valence-electron chi connectivity index (χ2n) is 4.13. The van der Waals surface area contributed by atoms with E-state index < -0.39 is 5.97 Å². The topological polar surface area (TPSA) is 86.5 Å². The molecule has 0 unspecified atom stereocenters.